The summed E-state index contributed by atoms with van der Waals surface area (Å²) in [4.78, 5) is 4.73. The van der Waals surface area contributed by atoms with Crippen molar-refractivity contribution in [2.24, 2.45) is 5.92 Å². The minimum Gasteiger partial charge on any atom is -0.492 e. The summed E-state index contributed by atoms with van der Waals surface area (Å²) in [6, 6.07) is 17.3. The molecule has 7 heteroatoms. The summed E-state index contributed by atoms with van der Waals surface area (Å²) in [6.45, 7) is 1.08. The SMILES string of the molecule is N#Cc1ccc(CCOc2cc(Cl)ccc2-c2nc3cc(F)c(F)cc3n2CC2CCCCC2)cc1. The number of halogens is 3. The average molecular weight is 506 g/mol. The second-order valence-electron chi connectivity index (χ2n) is 9.35. The van der Waals surface area contributed by atoms with Crippen molar-refractivity contribution in [2.75, 3.05) is 6.61 Å². The van der Waals surface area contributed by atoms with Crippen LogP contribution < -0.4 is 4.74 Å². The van der Waals surface area contributed by atoms with Crippen LogP contribution in [0.1, 0.15) is 43.2 Å². The number of fused-ring (bicyclic) bond motifs is 1. The summed E-state index contributed by atoms with van der Waals surface area (Å²) < 4.78 is 36.5. The minimum absolute atomic E-state index is 0.394. The van der Waals surface area contributed by atoms with E-state index in [4.69, 9.17) is 26.6 Å². The second kappa shape index (κ2) is 10.7. The van der Waals surface area contributed by atoms with Crippen LogP contribution >= 0.6 is 11.6 Å². The molecule has 0 N–H and O–H groups in total. The third kappa shape index (κ3) is 5.22. The van der Waals surface area contributed by atoms with Crippen molar-refractivity contribution in [1.29, 1.82) is 5.26 Å². The first-order valence-corrected chi connectivity index (χ1v) is 12.7. The molecule has 1 heterocycles. The minimum atomic E-state index is -0.911. The number of hydrogen-bond acceptors (Lipinski definition) is 3. The summed E-state index contributed by atoms with van der Waals surface area (Å²) in [5.41, 5.74) is 3.38. The first-order valence-electron chi connectivity index (χ1n) is 12.3. The number of rotatable bonds is 7. The van der Waals surface area contributed by atoms with Gasteiger partial charge in [-0.25, -0.2) is 13.8 Å². The van der Waals surface area contributed by atoms with E-state index in [2.05, 4.69) is 6.07 Å². The van der Waals surface area contributed by atoms with Gasteiger partial charge in [0.2, 0.25) is 0 Å². The lowest BCUT2D eigenvalue weighted by Gasteiger charge is -2.23. The smallest absolute Gasteiger partial charge is 0.161 e. The largest absolute Gasteiger partial charge is 0.492 e. The Bertz CT molecular complexity index is 1420. The summed E-state index contributed by atoms with van der Waals surface area (Å²) in [6.07, 6.45) is 6.46. The van der Waals surface area contributed by atoms with E-state index in [1.165, 1.54) is 25.3 Å². The van der Waals surface area contributed by atoms with Crippen molar-refractivity contribution >= 4 is 22.6 Å². The molecule has 0 radical (unpaired) electrons. The zero-order valence-corrected chi connectivity index (χ0v) is 20.6. The van der Waals surface area contributed by atoms with E-state index in [1.54, 1.807) is 24.3 Å². The third-order valence-corrected chi connectivity index (χ3v) is 7.11. The molecule has 0 aliphatic heterocycles. The Morgan fingerprint density at radius 3 is 2.50 bits per heavy atom. The number of ether oxygens (including phenoxy) is 1. The fraction of sp³-hybridized carbons (Fsp3) is 0.310. The van der Waals surface area contributed by atoms with E-state index >= 15 is 0 Å². The Labute approximate surface area is 214 Å². The van der Waals surface area contributed by atoms with Crippen molar-refractivity contribution in [1.82, 2.24) is 9.55 Å². The van der Waals surface area contributed by atoms with Crippen LogP contribution in [0.25, 0.3) is 22.4 Å². The van der Waals surface area contributed by atoms with Gasteiger partial charge in [0, 0.05) is 30.1 Å². The zero-order chi connectivity index (χ0) is 25.1. The van der Waals surface area contributed by atoms with E-state index in [0.717, 1.165) is 30.0 Å². The Morgan fingerprint density at radius 1 is 1.00 bits per heavy atom. The Kier molecular flexibility index (Phi) is 7.20. The number of nitrogens with zero attached hydrogens (tertiary/aromatic N) is 3. The molecule has 184 valence electrons. The van der Waals surface area contributed by atoms with Crippen molar-refractivity contribution < 1.29 is 13.5 Å². The van der Waals surface area contributed by atoms with E-state index in [1.807, 2.05) is 22.8 Å². The predicted octanol–water partition coefficient (Wildman–Crippen LogP) is 7.71. The summed E-state index contributed by atoms with van der Waals surface area (Å²) in [7, 11) is 0. The van der Waals surface area contributed by atoms with Gasteiger partial charge < -0.3 is 9.30 Å². The molecule has 1 aromatic heterocycles. The van der Waals surface area contributed by atoms with Gasteiger partial charge in [-0.3, -0.25) is 0 Å². The molecule has 0 spiro atoms. The molecule has 0 atom stereocenters. The third-order valence-electron chi connectivity index (χ3n) is 6.87. The molecule has 1 aliphatic carbocycles. The predicted molar refractivity (Wildman–Crippen MR) is 137 cm³/mol. The molecule has 1 saturated carbocycles. The number of imidazole rings is 1. The molecule has 0 amide bonds. The first-order chi connectivity index (χ1) is 17.5. The molecular weight excluding hydrogens is 480 g/mol. The van der Waals surface area contributed by atoms with Crippen LogP contribution in [-0.2, 0) is 13.0 Å². The maximum atomic E-state index is 14.3. The molecule has 4 aromatic rings. The molecule has 4 nitrogen and oxygen atoms in total. The van der Waals surface area contributed by atoms with E-state index in [9.17, 15) is 8.78 Å². The molecule has 1 aliphatic rings. The highest BCUT2D eigenvalue weighted by Crippen LogP contribution is 2.36. The van der Waals surface area contributed by atoms with Gasteiger partial charge in [-0.05, 0) is 54.7 Å². The van der Waals surface area contributed by atoms with E-state index in [0.29, 0.717) is 58.7 Å². The normalized spacial score (nSPS) is 14.2. The molecule has 1 fully saturated rings. The fourth-order valence-electron chi connectivity index (χ4n) is 4.96. The van der Waals surface area contributed by atoms with Gasteiger partial charge in [-0.2, -0.15) is 5.26 Å². The lowest BCUT2D eigenvalue weighted by atomic mass is 9.89. The summed E-state index contributed by atoms with van der Waals surface area (Å²) in [5, 5.41) is 9.52. The number of nitriles is 1. The van der Waals surface area contributed by atoms with Gasteiger partial charge in [0.1, 0.15) is 11.6 Å². The lowest BCUT2D eigenvalue weighted by molar-refractivity contribution is 0.319. The van der Waals surface area contributed by atoms with Crippen molar-refractivity contribution in [3.63, 3.8) is 0 Å². The fourth-order valence-corrected chi connectivity index (χ4v) is 5.13. The van der Waals surface area contributed by atoms with Crippen molar-refractivity contribution in [2.45, 2.75) is 45.1 Å². The van der Waals surface area contributed by atoms with E-state index in [-0.39, 0.29) is 0 Å². The van der Waals surface area contributed by atoms with Crippen LogP contribution in [0.2, 0.25) is 5.02 Å². The standard InChI is InChI=1S/C29H26ClF2N3O/c30-22-10-11-23(28(14-22)36-13-12-19-6-8-20(17-33)9-7-19)29-34-26-15-24(31)25(32)16-27(26)35(29)18-21-4-2-1-3-5-21/h6-11,14-16,21H,1-5,12-13,18H2. The topological polar surface area (TPSA) is 50.8 Å². The van der Waals surface area contributed by atoms with Crippen LogP contribution in [-0.4, -0.2) is 16.2 Å². The Balaban J connectivity index is 1.49. The maximum Gasteiger partial charge on any atom is 0.161 e. The average Bonchev–Trinajstić information content (AvgIpc) is 3.22. The van der Waals surface area contributed by atoms with Crippen molar-refractivity contribution in [3.8, 4) is 23.2 Å². The van der Waals surface area contributed by atoms with Crippen LogP contribution in [0.15, 0.2) is 54.6 Å². The van der Waals surface area contributed by atoms with Gasteiger partial charge in [0.25, 0.3) is 0 Å². The van der Waals surface area contributed by atoms with Gasteiger partial charge in [0.15, 0.2) is 11.6 Å². The van der Waals surface area contributed by atoms with Crippen molar-refractivity contribution in [3.05, 3.63) is 82.4 Å². The monoisotopic (exact) mass is 505 g/mol. The zero-order valence-electron chi connectivity index (χ0n) is 19.8. The quantitative estimate of drug-likeness (QED) is 0.258. The Hall–Kier alpha value is -3.43. The Morgan fingerprint density at radius 2 is 1.75 bits per heavy atom. The van der Waals surface area contributed by atoms with Gasteiger partial charge >= 0.3 is 0 Å². The highest BCUT2D eigenvalue weighted by atomic mass is 35.5. The molecule has 3 aromatic carbocycles. The lowest BCUT2D eigenvalue weighted by Crippen LogP contribution is -2.15. The number of benzene rings is 3. The van der Waals surface area contributed by atoms with Gasteiger partial charge in [-0.1, -0.05) is 43.0 Å². The van der Waals surface area contributed by atoms with Crippen LogP contribution in [0.4, 0.5) is 8.78 Å². The molecule has 0 unspecified atom stereocenters. The van der Waals surface area contributed by atoms with Gasteiger partial charge in [-0.15, -0.1) is 0 Å². The highest BCUT2D eigenvalue weighted by molar-refractivity contribution is 6.30. The molecular formula is C29H26ClF2N3O. The number of hydrogen-bond donors (Lipinski definition) is 0. The molecule has 5 rings (SSSR count). The van der Waals surface area contributed by atoms with E-state index < -0.39 is 11.6 Å². The van der Waals surface area contributed by atoms with Gasteiger partial charge in [0.05, 0.1) is 34.8 Å². The number of aromatic nitrogens is 2. The van der Waals surface area contributed by atoms with Crippen LogP contribution in [0, 0.1) is 28.9 Å². The summed E-state index contributed by atoms with van der Waals surface area (Å²) >= 11 is 6.31. The maximum absolute atomic E-state index is 14.3. The first kappa shape index (κ1) is 24.3. The van der Waals surface area contributed by atoms with Crippen LogP contribution in [0.3, 0.4) is 0 Å². The second-order valence-corrected chi connectivity index (χ2v) is 9.79. The molecule has 36 heavy (non-hydrogen) atoms. The summed E-state index contributed by atoms with van der Waals surface area (Å²) in [5.74, 6) is -0.154. The van der Waals surface area contributed by atoms with Crippen LogP contribution in [0.5, 0.6) is 5.75 Å². The highest BCUT2D eigenvalue weighted by Gasteiger charge is 2.22. The molecule has 0 bridgehead atoms. The molecule has 0 saturated heterocycles.